The smallest absolute Gasteiger partial charge is 0.210 e. The molecule has 0 amide bonds. The van der Waals surface area contributed by atoms with E-state index in [1.807, 2.05) is 13.0 Å². The zero-order valence-electron chi connectivity index (χ0n) is 14.4. The van der Waals surface area contributed by atoms with Crippen LogP contribution in [0.4, 0.5) is 0 Å². The van der Waals surface area contributed by atoms with Crippen LogP contribution in [0.15, 0.2) is 46.2 Å². The van der Waals surface area contributed by atoms with E-state index in [1.165, 1.54) is 15.8 Å². The molecule has 3 rings (SSSR count). The second kappa shape index (κ2) is 6.36. The topological polar surface area (TPSA) is 69.9 Å². The largest absolute Gasteiger partial charge is 0.469 e. The highest BCUT2D eigenvalue weighted by Crippen LogP contribution is 2.28. The first-order valence-electron chi connectivity index (χ1n) is 7.83. The number of hydrogen-bond acceptors (Lipinski definition) is 5. The predicted molar refractivity (Wildman–Crippen MR) is 97.3 cm³/mol. The second-order valence-corrected chi connectivity index (χ2v) is 7.74. The van der Waals surface area contributed by atoms with Crippen LogP contribution in [0.25, 0.3) is 11.4 Å². The van der Waals surface area contributed by atoms with Gasteiger partial charge in [-0.15, -0.1) is 10.2 Å². The summed E-state index contributed by atoms with van der Waals surface area (Å²) in [4.78, 5) is 0. The van der Waals surface area contributed by atoms with E-state index in [0.29, 0.717) is 11.0 Å². The Morgan fingerprint density at radius 1 is 1.12 bits per heavy atom. The predicted octanol–water partition coefficient (Wildman–Crippen LogP) is 4.15. The van der Waals surface area contributed by atoms with Gasteiger partial charge < -0.3 is 10.3 Å². The van der Waals surface area contributed by atoms with Gasteiger partial charge in [0.05, 0.1) is 11.8 Å². The molecule has 0 radical (unpaired) electrons. The number of nitrogens with two attached hydrogens (primary N) is 1. The molecule has 0 saturated carbocycles. The van der Waals surface area contributed by atoms with Gasteiger partial charge in [0.15, 0.2) is 5.82 Å². The molecule has 0 unspecified atom stereocenters. The highest BCUT2D eigenvalue weighted by Gasteiger charge is 2.16. The van der Waals surface area contributed by atoms with Gasteiger partial charge in [-0.1, -0.05) is 56.8 Å². The molecular weight excluding hydrogens is 320 g/mol. The Bertz CT molecular complexity index is 828. The molecule has 0 saturated heterocycles. The zero-order valence-corrected chi connectivity index (χ0v) is 15.2. The van der Waals surface area contributed by atoms with Crippen molar-refractivity contribution in [2.24, 2.45) is 0 Å². The number of aromatic nitrogens is 3. The van der Waals surface area contributed by atoms with Crippen LogP contribution < -0.4 is 5.84 Å². The lowest BCUT2D eigenvalue weighted by atomic mass is 9.87. The van der Waals surface area contributed by atoms with Crippen molar-refractivity contribution in [3.05, 3.63) is 53.5 Å². The summed E-state index contributed by atoms with van der Waals surface area (Å²) in [6.45, 7) is 8.53. The molecule has 1 aromatic carbocycles. The molecule has 0 aliphatic rings. The number of thioether (sulfide) groups is 1. The molecule has 0 atom stereocenters. The summed E-state index contributed by atoms with van der Waals surface area (Å²) >= 11 is 1.57. The lowest BCUT2D eigenvalue weighted by Gasteiger charge is -2.19. The quantitative estimate of drug-likeness (QED) is 0.570. The minimum absolute atomic E-state index is 0.167. The van der Waals surface area contributed by atoms with Crippen LogP contribution in [0.5, 0.6) is 0 Å². The summed E-state index contributed by atoms with van der Waals surface area (Å²) in [5.74, 6) is 8.33. The molecule has 0 aliphatic carbocycles. The molecule has 2 N–H and O–H groups in total. The van der Waals surface area contributed by atoms with Crippen LogP contribution in [0, 0.1) is 6.92 Å². The van der Waals surface area contributed by atoms with Crippen molar-refractivity contribution in [3.8, 4) is 11.4 Å². The minimum Gasteiger partial charge on any atom is -0.469 e. The van der Waals surface area contributed by atoms with E-state index in [4.69, 9.17) is 10.3 Å². The Morgan fingerprint density at radius 2 is 1.83 bits per heavy atom. The monoisotopic (exact) mass is 342 g/mol. The number of nitrogen functional groups attached to an aromatic ring is 1. The van der Waals surface area contributed by atoms with E-state index in [0.717, 1.165) is 17.1 Å². The molecule has 2 aromatic heterocycles. The van der Waals surface area contributed by atoms with Crippen LogP contribution in [-0.2, 0) is 11.2 Å². The lowest BCUT2D eigenvalue weighted by molar-refractivity contribution is 0.535. The van der Waals surface area contributed by atoms with Crippen LogP contribution in [0.3, 0.4) is 0 Å². The fourth-order valence-electron chi connectivity index (χ4n) is 2.42. The first-order chi connectivity index (χ1) is 11.4. The van der Waals surface area contributed by atoms with Crippen molar-refractivity contribution in [2.45, 2.75) is 44.0 Å². The maximum atomic E-state index is 6.14. The van der Waals surface area contributed by atoms with Gasteiger partial charge in [0.1, 0.15) is 5.76 Å². The molecule has 2 heterocycles. The molecule has 6 heteroatoms. The fourth-order valence-corrected chi connectivity index (χ4v) is 3.24. The van der Waals surface area contributed by atoms with Crippen molar-refractivity contribution in [2.75, 3.05) is 5.84 Å². The summed E-state index contributed by atoms with van der Waals surface area (Å²) < 4.78 is 6.83. The third-order valence-electron chi connectivity index (χ3n) is 3.95. The number of hydrogen-bond donors (Lipinski definition) is 1. The Balaban J connectivity index is 1.72. The van der Waals surface area contributed by atoms with Gasteiger partial charge in [-0.2, -0.15) is 0 Å². The average molecular weight is 342 g/mol. The summed E-state index contributed by atoms with van der Waals surface area (Å²) in [6.07, 6.45) is 1.63. The van der Waals surface area contributed by atoms with Crippen LogP contribution in [0.2, 0.25) is 0 Å². The molecule has 0 fully saturated rings. The highest BCUT2D eigenvalue weighted by atomic mass is 32.2. The van der Waals surface area contributed by atoms with Gasteiger partial charge in [0, 0.05) is 5.75 Å². The molecule has 3 aromatic rings. The van der Waals surface area contributed by atoms with E-state index in [1.54, 1.807) is 18.0 Å². The summed E-state index contributed by atoms with van der Waals surface area (Å²) in [5, 5.41) is 9.06. The van der Waals surface area contributed by atoms with Crippen molar-refractivity contribution < 1.29 is 4.42 Å². The zero-order chi connectivity index (χ0) is 17.3. The van der Waals surface area contributed by atoms with Gasteiger partial charge in [-0.25, -0.2) is 4.68 Å². The normalized spacial score (nSPS) is 11.8. The van der Waals surface area contributed by atoms with Crippen molar-refractivity contribution >= 4 is 11.8 Å². The third kappa shape index (κ3) is 3.33. The Labute approximate surface area is 146 Å². The number of furan rings is 1. The standard InChI is InChI=1S/C18H22N4OS/c1-12-15(9-10-23-12)16-20-21-17(22(16)19)24-11-13-5-7-14(8-6-13)18(2,3)4/h5-10H,11,19H2,1-4H3. The Hall–Kier alpha value is -2.21. The SMILES string of the molecule is Cc1occc1-c1nnc(SCc2ccc(C(C)(C)C)cc2)n1N. The minimum atomic E-state index is 0.167. The molecule has 0 bridgehead atoms. The van der Waals surface area contributed by atoms with Gasteiger partial charge in [0.25, 0.3) is 0 Å². The van der Waals surface area contributed by atoms with Crippen LogP contribution in [0.1, 0.15) is 37.7 Å². The van der Waals surface area contributed by atoms with Gasteiger partial charge in [-0.3, -0.25) is 0 Å². The van der Waals surface area contributed by atoms with E-state index in [2.05, 4.69) is 55.2 Å². The average Bonchev–Trinajstić information content (AvgIpc) is 3.10. The summed E-state index contributed by atoms with van der Waals surface area (Å²) in [5.41, 5.74) is 3.60. The van der Waals surface area contributed by atoms with Crippen LogP contribution >= 0.6 is 11.8 Å². The fraction of sp³-hybridized carbons (Fsp3) is 0.333. The number of benzene rings is 1. The molecular formula is C18H22N4OS. The maximum Gasteiger partial charge on any atom is 0.210 e. The molecule has 5 nitrogen and oxygen atoms in total. The Morgan fingerprint density at radius 3 is 2.42 bits per heavy atom. The van der Waals surface area contributed by atoms with E-state index in [-0.39, 0.29) is 5.41 Å². The van der Waals surface area contributed by atoms with Crippen molar-refractivity contribution in [3.63, 3.8) is 0 Å². The number of aryl methyl sites for hydroxylation is 1. The van der Waals surface area contributed by atoms with Crippen molar-refractivity contribution in [1.82, 2.24) is 14.9 Å². The van der Waals surface area contributed by atoms with Crippen molar-refractivity contribution in [1.29, 1.82) is 0 Å². The van der Waals surface area contributed by atoms with Gasteiger partial charge in [0.2, 0.25) is 5.16 Å². The third-order valence-corrected chi connectivity index (χ3v) is 4.97. The molecule has 126 valence electrons. The molecule has 24 heavy (non-hydrogen) atoms. The van der Waals surface area contributed by atoms with E-state index in [9.17, 15) is 0 Å². The maximum absolute atomic E-state index is 6.14. The number of rotatable bonds is 4. The Kier molecular flexibility index (Phi) is 4.41. The van der Waals surface area contributed by atoms with Gasteiger partial charge >= 0.3 is 0 Å². The van der Waals surface area contributed by atoms with Gasteiger partial charge in [-0.05, 0) is 29.5 Å². The van der Waals surface area contributed by atoms with Crippen LogP contribution in [-0.4, -0.2) is 14.9 Å². The lowest BCUT2D eigenvalue weighted by Crippen LogP contribution is -2.11. The molecule has 0 aliphatic heterocycles. The van der Waals surface area contributed by atoms with E-state index >= 15 is 0 Å². The second-order valence-electron chi connectivity index (χ2n) is 6.80. The molecule has 0 spiro atoms. The first-order valence-corrected chi connectivity index (χ1v) is 8.82. The number of nitrogens with zero attached hydrogens (tertiary/aromatic N) is 3. The summed E-state index contributed by atoms with van der Waals surface area (Å²) in [6, 6.07) is 10.5. The highest BCUT2D eigenvalue weighted by molar-refractivity contribution is 7.98. The summed E-state index contributed by atoms with van der Waals surface area (Å²) in [7, 11) is 0. The first kappa shape index (κ1) is 16.6. The van der Waals surface area contributed by atoms with E-state index < -0.39 is 0 Å².